The summed E-state index contributed by atoms with van der Waals surface area (Å²) in [4.78, 5) is 2.39. The van der Waals surface area contributed by atoms with Gasteiger partial charge in [0.2, 0.25) is 0 Å². The van der Waals surface area contributed by atoms with Crippen LogP contribution in [0.15, 0.2) is 41.5 Å². The van der Waals surface area contributed by atoms with Crippen molar-refractivity contribution < 1.29 is 14.2 Å². The predicted octanol–water partition coefficient (Wildman–Crippen LogP) is 5.05. The summed E-state index contributed by atoms with van der Waals surface area (Å²) in [6.07, 6.45) is 5.60. The zero-order valence-electron chi connectivity index (χ0n) is 17.0. The Morgan fingerprint density at radius 3 is 2.78 bits per heavy atom. The first-order chi connectivity index (χ1) is 12.8. The van der Waals surface area contributed by atoms with E-state index in [2.05, 4.69) is 38.7 Å². The van der Waals surface area contributed by atoms with E-state index in [1.54, 1.807) is 6.07 Å². The maximum atomic E-state index is 14.2. The summed E-state index contributed by atoms with van der Waals surface area (Å²) in [5.41, 5.74) is 3.26. The number of allylic oxidation sites excluding steroid dienone is 1. The molecule has 1 aromatic rings. The molecule has 0 saturated heterocycles. The normalized spacial score (nSPS) is 20.4. The Labute approximate surface area is 162 Å². The van der Waals surface area contributed by atoms with Gasteiger partial charge in [-0.15, -0.1) is 0 Å². The van der Waals surface area contributed by atoms with Crippen molar-refractivity contribution in [2.24, 2.45) is 5.92 Å². The minimum absolute atomic E-state index is 0.0261. The van der Waals surface area contributed by atoms with Gasteiger partial charge in [0.25, 0.3) is 0 Å². The van der Waals surface area contributed by atoms with E-state index in [0.29, 0.717) is 24.7 Å². The van der Waals surface area contributed by atoms with Gasteiger partial charge < -0.3 is 9.84 Å². The first kappa shape index (κ1) is 19.9. The van der Waals surface area contributed by atoms with Gasteiger partial charge >= 0.3 is 0 Å². The van der Waals surface area contributed by atoms with E-state index in [9.17, 15) is 9.50 Å². The zero-order valence-corrected chi connectivity index (χ0v) is 17.0. The van der Waals surface area contributed by atoms with Crippen molar-refractivity contribution in [1.82, 2.24) is 4.90 Å². The van der Waals surface area contributed by atoms with Crippen molar-refractivity contribution >= 4 is 0 Å². The summed E-state index contributed by atoms with van der Waals surface area (Å²) in [6.45, 7) is 10.8. The number of aromatic hydroxyl groups is 1. The van der Waals surface area contributed by atoms with Crippen molar-refractivity contribution in [2.45, 2.75) is 58.7 Å². The molecule has 27 heavy (non-hydrogen) atoms. The highest BCUT2D eigenvalue weighted by Crippen LogP contribution is 2.35. The number of phenolic OH excluding ortho intramolecular Hbond substituents is 1. The van der Waals surface area contributed by atoms with Crippen LogP contribution in [0.3, 0.4) is 0 Å². The van der Waals surface area contributed by atoms with Crippen LogP contribution in [-0.2, 0) is 6.42 Å². The minimum atomic E-state index is -0.816. The van der Waals surface area contributed by atoms with Crippen molar-refractivity contribution in [1.29, 1.82) is 0 Å². The van der Waals surface area contributed by atoms with Gasteiger partial charge in [-0.25, -0.2) is 4.39 Å². The number of ether oxygens (including phenoxy) is 1. The van der Waals surface area contributed by atoms with E-state index in [1.165, 1.54) is 0 Å². The zero-order chi connectivity index (χ0) is 19.6. The van der Waals surface area contributed by atoms with E-state index in [1.807, 2.05) is 18.2 Å². The number of rotatable bonds is 7. The molecule has 0 radical (unpaired) electrons. The smallest absolute Gasteiger partial charge is 0.161 e. The van der Waals surface area contributed by atoms with Crippen molar-refractivity contribution in [2.75, 3.05) is 19.7 Å². The third-order valence-corrected chi connectivity index (χ3v) is 5.65. The summed E-state index contributed by atoms with van der Waals surface area (Å²) in [7, 11) is 0. The number of hydrogen-bond donors (Lipinski definition) is 1. The lowest BCUT2D eigenvalue weighted by Crippen LogP contribution is -2.43. The molecule has 1 aromatic carbocycles. The van der Waals surface area contributed by atoms with Crippen LogP contribution in [0.2, 0.25) is 0 Å². The molecular formula is C23H32FNO2. The maximum Gasteiger partial charge on any atom is 0.161 e. The van der Waals surface area contributed by atoms with Crippen molar-refractivity contribution in [3.05, 3.63) is 47.1 Å². The summed E-state index contributed by atoms with van der Waals surface area (Å²) in [5.74, 6) is 1.16. The first-order valence-electron chi connectivity index (χ1n) is 9.98. The van der Waals surface area contributed by atoms with Crippen LogP contribution in [0.1, 0.15) is 46.1 Å². The SMILES string of the molecule is CC(C)COc1cc(CCC(C)(C)N2CC3=C(C2)C(F)CC=C3)ccc1O. The second-order valence-corrected chi connectivity index (χ2v) is 8.83. The van der Waals surface area contributed by atoms with Gasteiger partial charge in [0.1, 0.15) is 6.17 Å². The molecule has 1 aliphatic heterocycles. The molecule has 0 fully saturated rings. The molecule has 2 aliphatic rings. The Kier molecular flexibility index (Phi) is 5.95. The molecule has 1 aliphatic carbocycles. The van der Waals surface area contributed by atoms with Gasteiger partial charge in [-0.2, -0.15) is 0 Å². The van der Waals surface area contributed by atoms with Crippen molar-refractivity contribution in [3.63, 3.8) is 0 Å². The number of aryl methyl sites for hydroxylation is 1. The maximum absolute atomic E-state index is 14.2. The molecule has 1 unspecified atom stereocenters. The Bertz CT molecular complexity index is 736. The molecule has 1 heterocycles. The number of hydrogen-bond acceptors (Lipinski definition) is 3. The van der Waals surface area contributed by atoms with Crippen LogP contribution in [0.4, 0.5) is 4.39 Å². The van der Waals surface area contributed by atoms with Gasteiger partial charge in [0.15, 0.2) is 11.5 Å². The van der Waals surface area contributed by atoms with Crippen LogP contribution in [0, 0.1) is 5.92 Å². The first-order valence-corrected chi connectivity index (χ1v) is 9.98. The lowest BCUT2D eigenvalue weighted by molar-refractivity contribution is 0.145. The standard InChI is InChI=1S/C23H32FNO2/c1-16(2)15-27-22-12-17(8-9-21(22)26)10-11-23(3,4)25-13-18-6-5-7-20(24)19(18)14-25/h5-6,8-9,12,16,20,26H,7,10-11,13-15H2,1-4H3. The number of nitrogens with zero attached hydrogens (tertiary/aromatic N) is 1. The molecule has 148 valence electrons. The van der Waals surface area contributed by atoms with E-state index in [-0.39, 0.29) is 11.3 Å². The van der Waals surface area contributed by atoms with Crippen LogP contribution >= 0.6 is 0 Å². The Morgan fingerprint density at radius 1 is 1.30 bits per heavy atom. The van der Waals surface area contributed by atoms with Gasteiger partial charge in [-0.1, -0.05) is 32.1 Å². The molecule has 4 heteroatoms. The molecule has 0 aromatic heterocycles. The third-order valence-electron chi connectivity index (χ3n) is 5.65. The van der Waals surface area contributed by atoms with E-state index in [0.717, 1.165) is 42.6 Å². The van der Waals surface area contributed by atoms with Crippen molar-refractivity contribution in [3.8, 4) is 11.5 Å². The van der Waals surface area contributed by atoms with Gasteiger partial charge in [-0.05, 0) is 61.4 Å². The number of benzene rings is 1. The van der Waals surface area contributed by atoms with Crippen LogP contribution in [0.25, 0.3) is 0 Å². The van der Waals surface area contributed by atoms with Gasteiger partial charge in [0, 0.05) is 25.0 Å². The second kappa shape index (κ2) is 8.05. The van der Waals surface area contributed by atoms with Crippen LogP contribution < -0.4 is 4.74 Å². The fraction of sp³-hybridized carbons (Fsp3) is 0.565. The van der Waals surface area contributed by atoms with Crippen LogP contribution in [0.5, 0.6) is 11.5 Å². The largest absolute Gasteiger partial charge is 0.504 e. The highest BCUT2D eigenvalue weighted by Gasteiger charge is 2.35. The lowest BCUT2D eigenvalue weighted by Gasteiger charge is -2.36. The van der Waals surface area contributed by atoms with E-state index >= 15 is 0 Å². The molecular weight excluding hydrogens is 341 g/mol. The average molecular weight is 374 g/mol. The Balaban J connectivity index is 1.61. The molecule has 0 bridgehead atoms. The molecule has 0 saturated carbocycles. The molecule has 3 nitrogen and oxygen atoms in total. The average Bonchev–Trinajstić information content (AvgIpc) is 3.06. The molecule has 1 atom stereocenters. The second-order valence-electron chi connectivity index (χ2n) is 8.83. The van der Waals surface area contributed by atoms with Gasteiger partial charge in [0.05, 0.1) is 6.61 Å². The quantitative estimate of drug-likeness (QED) is 0.726. The monoisotopic (exact) mass is 373 g/mol. The number of halogens is 1. The van der Waals surface area contributed by atoms with Gasteiger partial charge in [-0.3, -0.25) is 4.90 Å². The third kappa shape index (κ3) is 4.73. The molecule has 0 amide bonds. The molecule has 0 spiro atoms. The highest BCUT2D eigenvalue weighted by atomic mass is 19.1. The fourth-order valence-corrected chi connectivity index (χ4v) is 3.72. The summed E-state index contributed by atoms with van der Waals surface area (Å²) >= 11 is 0. The summed E-state index contributed by atoms with van der Waals surface area (Å²) in [5, 5.41) is 10.0. The number of alkyl halides is 1. The molecule has 1 N–H and O–H groups in total. The molecule has 3 rings (SSSR count). The Hall–Kier alpha value is -1.81. The topological polar surface area (TPSA) is 32.7 Å². The Morgan fingerprint density at radius 2 is 2.07 bits per heavy atom. The van der Waals surface area contributed by atoms with E-state index in [4.69, 9.17) is 4.74 Å². The lowest BCUT2D eigenvalue weighted by atomic mass is 9.93. The number of phenols is 1. The van der Waals surface area contributed by atoms with E-state index < -0.39 is 6.17 Å². The van der Waals surface area contributed by atoms with Crippen LogP contribution in [-0.4, -0.2) is 41.4 Å². The highest BCUT2D eigenvalue weighted by molar-refractivity contribution is 5.42. The predicted molar refractivity (Wildman–Crippen MR) is 108 cm³/mol. The summed E-state index contributed by atoms with van der Waals surface area (Å²) in [6, 6.07) is 5.62. The summed E-state index contributed by atoms with van der Waals surface area (Å²) < 4.78 is 19.9. The minimum Gasteiger partial charge on any atom is -0.504 e. The fourth-order valence-electron chi connectivity index (χ4n) is 3.72.